The van der Waals surface area contributed by atoms with Crippen LogP contribution in [0.4, 0.5) is 5.69 Å². The number of hydrogen-bond donors (Lipinski definition) is 3. The third-order valence-corrected chi connectivity index (χ3v) is 2.16. The molecule has 0 aromatic carbocycles. The summed E-state index contributed by atoms with van der Waals surface area (Å²) in [5.41, 5.74) is 1.24. The molecule has 1 aromatic rings. The van der Waals surface area contributed by atoms with E-state index in [4.69, 9.17) is 9.84 Å². The van der Waals surface area contributed by atoms with Crippen molar-refractivity contribution in [2.45, 2.75) is 13.0 Å². The summed E-state index contributed by atoms with van der Waals surface area (Å²) in [5, 5.41) is 21.3. The number of anilines is 1. The summed E-state index contributed by atoms with van der Waals surface area (Å²) in [6.07, 6.45) is 0.609. The molecule has 0 amide bonds. The van der Waals surface area contributed by atoms with E-state index >= 15 is 0 Å². The van der Waals surface area contributed by atoms with Crippen molar-refractivity contribution < 1.29 is 19.7 Å². The van der Waals surface area contributed by atoms with Gasteiger partial charge in [-0.3, -0.25) is 4.98 Å². The number of aromatic carboxylic acids is 1. The van der Waals surface area contributed by atoms with Crippen molar-refractivity contribution in [3.8, 4) is 0 Å². The summed E-state index contributed by atoms with van der Waals surface area (Å²) in [5.74, 6) is -1.05. The van der Waals surface area contributed by atoms with Crippen LogP contribution in [0.5, 0.6) is 0 Å². The molecular formula is C11H16N2O4. The number of aromatic nitrogens is 1. The molecule has 17 heavy (non-hydrogen) atoms. The summed E-state index contributed by atoms with van der Waals surface area (Å²) in [6, 6.07) is 1.63. The lowest BCUT2D eigenvalue weighted by atomic mass is 10.2. The van der Waals surface area contributed by atoms with Crippen LogP contribution in [0.3, 0.4) is 0 Å². The molecule has 0 saturated carbocycles. The molecule has 0 spiro atoms. The van der Waals surface area contributed by atoms with E-state index in [-0.39, 0.29) is 18.7 Å². The Morgan fingerprint density at radius 1 is 1.65 bits per heavy atom. The highest BCUT2D eigenvalue weighted by Gasteiger charge is 2.12. The van der Waals surface area contributed by atoms with Crippen LogP contribution in [0.25, 0.3) is 0 Å². The number of ether oxygens (including phenoxy) is 1. The number of nitrogens with one attached hydrogen (secondary N) is 1. The van der Waals surface area contributed by atoms with E-state index in [2.05, 4.69) is 10.3 Å². The monoisotopic (exact) mass is 240 g/mol. The van der Waals surface area contributed by atoms with Crippen LogP contribution in [-0.4, -0.2) is 47.5 Å². The van der Waals surface area contributed by atoms with E-state index in [1.807, 2.05) is 0 Å². The van der Waals surface area contributed by atoms with Gasteiger partial charge in [-0.1, -0.05) is 0 Å². The average Bonchev–Trinajstić information content (AvgIpc) is 2.26. The fraction of sp³-hybridized carbons (Fsp3) is 0.455. The minimum atomic E-state index is -1.05. The summed E-state index contributed by atoms with van der Waals surface area (Å²) in [7, 11) is 1.49. The van der Waals surface area contributed by atoms with E-state index in [9.17, 15) is 9.90 Å². The van der Waals surface area contributed by atoms with Crippen molar-refractivity contribution >= 4 is 11.7 Å². The molecule has 0 saturated heterocycles. The van der Waals surface area contributed by atoms with Gasteiger partial charge in [0.15, 0.2) is 0 Å². The summed E-state index contributed by atoms with van der Waals surface area (Å²) in [4.78, 5) is 14.9. The zero-order valence-electron chi connectivity index (χ0n) is 9.80. The van der Waals surface area contributed by atoms with E-state index in [1.54, 1.807) is 13.0 Å². The van der Waals surface area contributed by atoms with E-state index in [0.717, 1.165) is 0 Å². The Bertz CT molecular complexity index is 395. The van der Waals surface area contributed by atoms with Gasteiger partial charge in [-0.2, -0.15) is 0 Å². The molecule has 0 bridgehead atoms. The Morgan fingerprint density at radius 3 is 2.94 bits per heavy atom. The Morgan fingerprint density at radius 2 is 2.35 bits per heavy atom. The van der Waals surface area contributed by atoms with Gasteiger partial charge in [0.25, 0.3) is 0 Å². The van der Waals surface area contributed by atoms with Crippen molar-refractivity contribution in [2.24, 2.45) is 0 Å². The SMILES string of the molecule is COCC(O)CNc1cc(C)ncc1C(=O)O. The minimum absolute atomic E-state index is 0.0835. The highest BCUT2D eigenvalue weighted by molar-refractivity contribution is 5.93. The Hall–Kier alpha value is -1.66. The number of hydrogen-bond acceptors (Lipinski definition) is 5. The van der Waals surface area contributed by atoms with Crippen LogP contribution >= 0.6 is 0 Å². The molecule has 3 N–H and O–H groups in total. The maximum Gasteiger partial charge on any atom is 0.339 e. The fourth-order valence-electron chi connectivity index (χ4n) is 1.36. The molecule has 94 valence electrons. The van der Waals surface area contributed by atoms with Crippen molar-refractivity contribution in [2.75, 3.05) is 25.6 Å². The number of aryl methyl sites for hydroxylation is 1. The van der Waals surface area contributed by atoms with Crippen LogP contribution in [0, 0.1) is 6.92 Å². The van der Waals surface area contributed by atoms with Gasteiger partial charge >= 0.3 is 5.97 Å². The molecule has 1 rings (SSSR count). The van der Waals surface area contributed by atoms with E-state index < -0.39 is 12.1 Å². The number of pyridine rings is 1. The van der Waals surface area contributed by atoms with Gasteiger partial charge < -0.3 is 20.3 Å². The van der Waals surface area contributed by atoms with Gasteiger partial charge in [0, 0.05) is 25.5 Å². The number of aliphatic hydroxyl groups is 1. The topological polar surface area (TPSA) is 91.7 Å². The molecule has 0 aliphatic carbocycles. The zero-order valence-corrected chi connectivity index (χ0v) is 9.80. The maximum absolute atomic E-state index is 10.9. The lowest BCUT2D eigenvalue weighted by molar-refractivity contribution is 0.0693. The molecule has 6 heteroatoms. The molecule has 1 unspecified atom stereocenters. The first-order valence-electron chi connectivity index (χ1n) is 5.15. The maximum atomic E-state index is 10.9. The van der Waals surface area contributed by atoms with Crippen molar-refractivity contribution in [1.82, 2.24) is 4.98 Å². The third kappa shape index (κ3) is 4.01. The summed E-state index contributed by atoms with van der Waals surface area (Å²) in [6.45, 7) is 2.18. The molecule has 1 heterocycles. The van der Waals surface area contributed by atoms with E-state index in [1.165, 1.54) is 13.3 Å². The lowest BCUT2D eigenvalue weighted by Crippen LogP contribution is -2.25. The predicted molar refractivity (Wildman–Crippen MR) is 62.3 cm³/mol. The molecule has 1 aromatic heterocycles. The van der Waals surface area contributed by atoms with Gasteiger partial charge in [-0.25, -0.2) is 4.79 Å². The first kappa shape index (κ1) is 13.4. The second-order valence-electron chi connectivity index (χ2n) is 3.67. The van der Waals surface area contributed by atoms with Crippen LogP contribution in [0.15, 0.2) is 12.3 Å². The molecule has 0 aliphatic heterocycles. The van der Waals surface area contributed by atoms with Crippen LogP contribution in [0.1, 0.15) is 16.1 Å². The number of carboxylic acid groups (broad SMARTS) is 1. The third-order valence-electron chi connectivity index (χ3n) is 2.16. The van der Waals surface area contributed by atoms with E-state index in [0.29, 0.717) is 11.4 Å². The number of rotatable bonds is 6. The molecular weight excluding hydrogens is 224 g/mol. The molecule has 0 fully saturated rings. The Labute approximate surface area is 99.3 Å². The molecule has 0 aliphatic rings. The van der Waals surface area contributed by atoms with Crippen LogP contribution < -0.4 is 5.32 Å². The van der Waals surface area contributed by atoms with Crippen LogP contribution in [0.2, 0.25) is 0 Å². The Balaban J connectivity index is 2.75. The predicted octanol–water partition coefficient (Wildman–Crippen LogP) is 0.507. The smallest absolute Gasteiger partial charge is 0.339 e. The molecule has 6 nitrogen and oxygen atoms in total. The lowest BCUT2D eigenvalue weighted by Gasteiger charge is -2.13. The van der Waals surface area contributed by atoms with Gasteiger partial charge in [0.05, 0.1) is 18.4 Å². The largest absolute Gasteiger partial charge is 0.478 e. The first-order chi connectivity index (χ1) is 8.04. The number of methoxy groups -OCH3 is 1. The van der Waals surface area contributed by atoms with Gasteiger partial charge in [0.1, 0.15) is 5.56 Å². The minimum Gasteiger partial charge on any atom is -0.478 e. The highest BCUT2D eigenvalue weighted by atomic mass is 16.5. The quantitative estimate of drug-likeness (QED) is 0.671. The normalized spacial score (nSPS) is 12.2. The molecule has 1 atom stereocenters. The summed E-state index contributed by atoms with van der Waals surface area (Å²) >= 11 is 0. The Kier molecular flexibility index (Phi) is 4.86. The summed E-state index contributed by atoms with van der Waals surface area (Å²) < 4.78 is 4.77. The van der Waals surface area contributed by atoms with Crippen molar-refractivity contribution in [3.63, 3.8) is 0 Å². The van der Waals surface area contributed by atoms with Crippen molar-refractivity contribution in [3.05, 3.63) is 23.5 Å². The molecule has 0 radical (unpaired) electrons. The van der Waals surface area contributed by atoms with Gasteiger partial charge in [0.2, 0.25) is 0 Å². The number of carboxylic acids is 1. The number of carbonyl (C=O) groups is 1. The standard InChI is InChI=1S/C11H16N2O4/c1-7-3-10(9(5-12-7)11(15)16)13-4-8(14)6-17-2/h3,5,8,14H,4,6H2,1-2H3,(H,12,13)(H,15,16). The second kappa shape index (κ2) is 6.17. The van der Waals surface area contributed by atoms with Gasteiger partial charge in [-0.15, -0.1) is 0 Å². The highest BCUT2D eigenvalue weighted by Crippen LogP contribution is 2.15. The fourth-order valence-corrected chi connectivity index (χ4v) is 1.36. The zero-order chi connectivity index (χ0) is 12.8. The van der Waals surface area contributed by atoms with Crippen molar-refractivity contribution in [1.29, 1.82) is 0 Å². The van der Waals surface area contributed by atoms with Gasteiger partial charge in [-0.05, 0) is 13.0 Å². The first-order valence-corrected chi connectivity index (χ1v) is 5.15. The number of nitrogens with zero attached hydrogens (tertiary/aromatic N) is 1. The number of aliphatic hydroxyl groups excluding tert-OH is 1. The second-order valence-corrected chi connectivity index (χ2v) is 3.67. The average molecular weight is 240 g/mol. The van der Waals surface area contributed by atoms with Crippen LogP contribution in [-0.2, 0) is 4.74 Å².